The summed E-state index contributed by atoms with van der Waals surface area (Å²) in [5.41, 5.74) is 8.02. The maximum atomic E-state index is 12.1. The van der Waals surface area contributed by atoms with Gasteiger partial charge in [0, 0.05) is 22.6 Å². The Morgan fingerprint density at radius 3 is 3.00 bits per heavy atom. The number of fused-ring (bicyclic) bond motifs is 1. The Bertz CT molecular complexity index is 675. The van der Waals surface area contributed by atoms with Gasteiger partial charge in [0.05, 0.1) is 12.2 Å². The molecule has 1 aromatic heterocycles. The smallest absolute Gasteiger partial charge is 0.265 e. The second-order valence-electron chi connectivity index (χ2n) is 4.51. The topological polar surface area (TPSA) is 68.5 Å². The van der Waals surface area contributed by atoms with Gasteiger partial charge >= 0.3 is 0 Å². The van der Waals surface area contributed by atoms with Crippen LogP contribution in [0.25, 0.3) is 0 Å². The zero-order chi connectivity index (χ0) is 14.1. The molecule has 1 amide bonds. The van der Waals surface area contributed by atoms with Crippen LogP contribution in [-0.4, -0.2) is 17.5 Å². The van der Waals surface area contributed by atoms with Crippen molar-refractivity contribution in [1.29, 1.82) is 0 Å². The van der Waals surface area contributed by atoms with Gasteiger partial charge < -0.3 is 15.4 Å². The van der Waals surface area contributed by atoms with Crippen molar-refractivity contribution in [2.45, 2.75) is 6.54 Å². The second kappa shape index (κ2) is 5.13. The first kappa shape index (κ1) is 12.9. The second-order valence-corrected chi connectivity index (χ2v) is 5.42. The Kier molecular flexibility index (Phi) is 3.31. The highest BCUT2D eigenvalue weighted by Gasteiger charge is 2.25. The predicted octanol–water partition coefficient (Wildman–Crippen LogP) is 2.35. The van der Waals surface area contributed by atoms with Crippen molar-refractivity contribution in [3.63, 3.8) is 0 Å². The molecule has 6 heteroatoms. The van der Waals surface area contributed by atoms with E-state index in [4.69, 9.17) is 10.5 Å². The maximum Gasteiger partial charge on any atom is 0.265 e. The minimum absolute atomic E-state index is 0.0400. The van der Waals surface area contributed by atoms with Crippen LogP contribution in [0.3, 0.4) is 0 Å². The summed E-state index contributed by atoms with van der Waals surface area (Å²) in [4.78, 5) is 17.9. The number of hydrogen-bond donors (Lipinski definition) is 1. The van der Waals surface area contributed by atoms with Gasteiger partial charge in [0.25, 0.3) is 5.91 Å². The molecular formula is C14H12BrN3O2. The predicted molar refractivity (Wildman–Crippen MR) is 79.5 cm³/mol. The number of ether oxygens (including phenoxy) is 1. The molecule has 20 heavy (non-hydrogen) atoms. The summed E-state index contributed by atoms with van der Waals surface area (Å²) >= 11 is 3.37. The summed E-state index contributed by atoms with van der Waals surface area (Å²) in [6.07, 6.45) is 3.44. The Labute approximate surface area is 124 Å². The summed E-state index contributed by atoms with van der Waals surface area (Å²) in [7, 11) is 0. The molecule has 3 rings (SSSR count). The molecule has 0 spiro atoms. The molecule has 0 saturated carbocycles. The number of carbonyl (C=O) groups excluding carboxylic acids is 1. The molecule has 0 aliphatic carbocycles. The van der Waals surface area contributed by atoms with Crippen molar-refractivity contribution >= 4 is 33.2 Å². The fraction of sp³-hybridized carbons (Fsp3) is 0.143. The molecule has 102 valence electrons. The zero-order valence-electron chi connectivity index (χ0n) is 10.5. The molecule has 2 heterocycles. The van der Waals surface area contributed by atoms with E-state index in [-0.39, 0.29) is 12.5 Å². The fourth-order valence-corrected chi connectivity index (χ4v) is 2.53. The van der Waals surface area contributed by atoms with Crippen molar-refractivity contribution in [2.24, 2.45) is 0 Å². The standard InChI is InChI=1S/C14H12BrN3O2/c15-10-3-9(5-17-6-10)7-18-12-4-11(16)1-2-13(12)20-8-14(18)19/h1-6H,7-8,16H2. The molecule has 1 aliphatic heterocycles. The maximum absolute atomic E-state index is 12.1. The zero-order valence-corrected chi connectivity index (χ0v) is 12.1. The molecule has 2 N–H and O–H groups in total. The highest BCUT2D eigenvalue weighted by molar-refractivity contribution is 9.10. The largest absolute Gasteiger partial charge is 0.482 e. The third kappa shape index (κ3) is 2.46. The first-order chi connectivity index (χ1) is 9.63. The first-order valence-corrected chi connectivity index (χ1v) is 6.85. The Morgan fingerprint density at radius 1 is 1.35 bits per heavy atom. The Balaban J connectivity index is 1.97. The molecule has 0 saturated heterocycles. The number of amides is 1. The van der Waals surface area contributed by atoms with Crippen molar-refractivity contribution in [2.75, 3.05) is 17.2 Å². The number of hydrogen-bond acceptors (Lipinski definition) is 4. The summed E-state index contributed by atoms with van der Waals surface area (Å²) in [6, 6.07) is 7.22. The van der Waals surface area contributed by atoms with Gasteiger partial charge in [-0.25, -0.2) is 0 Å². The van der Waals surface area contributed by atoms with Gasteiger partial charge in [0.1, 0.15) is 5.75 Å². The van der Waals surface area contributed by atoms with Gasteiger partial charge in [-0.1, -0.05) is 0 Å². The van der Waals surface area contributed by atoms with Crippen LogP contribution < -0.4 is 15.4 Å². The molecule has 5 nitrogen and oxygen atoms in total. The van der Waals surface area contributed by atoms with Crippen LogP contribution in [0.2, 0.25) is 0 Å². The lowest BCUT2D eigenvalue weighted by atomic mass is 10.2. The van der Waals surface area contributed by atoms with E-state index < -0.39 is 0 Å². The highest BCUT2D eigenvalue weighted by atomic mass is 79.9. The number of pyridine rings is 1. The normalized spacial score (nSPS) is 13.8. The number of anilines is 2. The number of carbonyl (C=O) groups is 1. The summed E-state index contributed by atoms with van der Waals surface area (Å²) in [5, 5.41) is 0. The summed E-state index contributed by atoms with van der Waals surface area (Å²) < 4.78 is 6.29. The van der Waals surface area contributed by atoms with Crippen molar-refractivity contribution in [3.05, 3.63) is 46.7 Å². The van der Waals surface area contributed by atoms with Crippen molar-refractivity contribution in [3.8, 4) is 5.75 Å². The van der Waals surface area contributed by atoms with E-state index in [0.29, 0.717) is 23.7 Å². The number of benzene rings is 1. The Morgan fingerprint density at radius 2 is 2.20 bits per heavy atom. The minimum atomic E-state index is -0.0944. The summed E-state index contributed by atoms with van der Waals surface area (Å²) in [6.45, 7) is 0.476. The number of rotatable bonds is 2. The van der Waals surface area contributed by atoms with Gasteiger partial charge in [0.2, 0.25) is 0 Å². The van der Waals surface area contributed by atoms with E-state index in [9.17, 15) is 4.79 Å². The number of nitrogen functional groups attached to an aromatic ring is 1. The lowest BCUT2D eigenvalue weighted by Crippen LogP contribution is -2.38. The molecule has 0 bridgehead atoms. The van der Waals surface area contributed by atoms with Crippen LogP contribution in [0.5, 0.6) is 5.75 Å². The van der Waals surface area contributed by atoms with E-state index in [1.54, 1.807) is 35.5 Å². The average Bonchev–Trinajstić information content (AvgIpc) is 2.42. The third-order valence-electron chi connectivity index (χ3n) is 3.03. The lowest BCUT2D eigenvalue weighted by molar-refractivity contribution is -0.121. The van der Waals surface area contributed by atoms with Gasteiger partial charge in [-0.05, 0) is 45.8 Å². The van der Waals surface area contributed by atoms with Crippen molar-refractivity contribution < 1.29 is 9.53 Å². The van der Waals surface area contributed by atoms with Crippen LogP contribution in [0, 0.1) is 0 Å². The third-order valence-corrected chi connectivity index (χ3v) is 3.46. The summed E-state index contributed by atoms with van der Waals surface area (Å²) in [5.74, 6) is 0.574. The minimum Gasteiger partial charge on any atom is -0.482 e. The van der Waals surface area contributed by atoms with E-state index >= 15 is 0 Å². The van der Waals surface area contributed by atoms with E-state index in [2.05, 4.69) is 20.9 Å². The van der Waals surface area contributed by atoms with Crippen LogP contribution in [0.15, 0.2) is 41.1 Å². The van der Waals surface area contributed by atoms with Gasteiger partial charge in [0.15, 0.2) is 6.61 Å². The van der Waals surface area contributed by atoms with Gasteiger partial charge in [-0.2, -0.15) is 0 Å². The molecule has 0 unspecified atom stereocenters. The molecule has 2 aromatic rings. The van der Waals surface area contributed by atoms with Crippen LogP contribution in [0.4, 0.5) is 11.4 Å². The number of nitrogens with zero attached hydrogens (tertiary/aromatic N) is 2. The van der Waals surface area contributed by atoms with Gasteiger partial charge in [-0.3, -0.25) is 9.78 Å². The molecule has 0 fully saturated rings. The van der Waals surface area contributed by atoms with Gasteiger partial charge in [-0.15, -0.1) is 0 Å². The number of nitrogens with two attached hydrogens (primary N) is 1. The van der Waals surface area contributed by atoms with Crippen LogP contribution >= 0.6 is 15.9 Å². The number of aromatic nitrogens is 1. The molecular weight excluding hydrogens is 322 g/mol. The Hall–Kier alpha value is -2.08. The quantitative estimate of drug-likeness (QED) is 0.856. The lowest BCUT2D eigenvalue weighted by Gasteiger charge is -2.29. The fourth-order valence-electron chi connectivity index (χ4n) is 2.12. The van der Waals surface area contributed by atoms with Crippen LogP contribution in [-0.2, 0) is 11.3 Å². The van der Waals surface area contributed by atoms with Crippen LogP contribution in [0.1, 0.15) is 5.56 Å². The highest BCUT2D eigenvalue weighted by Crippen LogP contribution is 2.34. The monoisotopic (exact) mass is 333 g/mol. The van der Waals surface area contributed by atoms with Crippen molar-refractivity contribution in [1.82, 2.24) is 4.98 Å². The van der Waals surface area contributed by atoms with E-state index in [0.717, 1.165) is 10.0 Å². The SMILES string of the molecule is Nc1ccc2c(c1)N(Cc1cncc(Br)c1)C(=O)CO2. The average molecular weight is 334 g/mol. The number of halogens is 1. The molecule has 1 aromatic carbocycles. The molecule has 1 aliphatic rings. The molecule has 0 radical (unpaired) electrons. The van der Waals surface area contributed by atoms with E-state index in [1.165, 1.54) is 0 Å². The first-order valence-electron chi connectivity index (χ1n) is 6.05. The molecule has 0 atom stereocenters. The van der Waals surface area contributed by atoms with E-state index in [1.807, 2.05) is 6.07 Å².